The molecule has 0 bridgehead atoms. The molecule has 0 fully saturated rings. The number of nitrogens with one attached hydrogen (secondary N) is 1. The molecule has 2 rings (SSSR count). The summed E-state index contributed by atoms with van der Waals surface area (Å²) in [4.78, 5) is 23.9. The third kappa shape index (κ3) is 6.45. The molecule has 0 heterocycles. The normalized spacial score (nSPS) is 11.4. The highest BCUT2D eigenvalue weighted by atomic mass is 35.5. The van der Waals surface area contributed by atoms with E-state index in [1.165, 1.54) is 13.0 Å². The molecule has 0 radical (unpaired) electrons. The number of amides is 1. The predicted molar refractivity (Wildman–Crippen MR) is 98.7 cm³/mol. The molecule has 0 saturated carbocycles. The molecule has 1 N–H and O–H groups in total. The Hall–Kier alpha value is -2.80. The Bertz CT molecular complexity index is 797. The highest BCUT2D eigenvalue weighted by Crippen LogP contribution is 2.22. The Morgan fingerprint density at radius 1 is 1.11 bits per heavy atom. The fourth-order valence-electron chi connectivity index (χ4n) is 2.05. The molecule has 27 heavy (non-hydrogen) atoms. The second kappa shape index (κ2) is 9.78. The number of esters is 1. The third-order valence-corrected chi connectivity index (χ3v) is 3.67. The van der Waals surface area contributed by atoms with Crippen LogP contribution in [-0.4, -0.2) is 31.2 Å². The first-order valence-corrected chi connectivity index (χ1v) is 8.58. The minimum absolute atomic E-state index is 0.0423. The number of ether oxygens (including phenoxy) is 3. The van der Waals surface area contributed by atoms with Crippen LogP contribution in [-0.2, 0) is 14.3 Å². The van der Waals surface area contributed by atoms with E-state index in [2.05, 4.69) is 5.32 Å². The molecule has 0 spiro atoms. The predicted octanol–water partition coefficient (Wildman–Crippen LogP) is 3.83. The molecule has 0 aliphatic rings. The van der Waals surface area contributed by atoms with Crippen molar-refractivity contribution in [1.29, 1.82) is 0 Å². The molecule has 8 heteroatoms. The molecule has 0 aliphatic heterocycles. The van der Waals surface area contributed by atoms with Crippen LogP contribution in [0.15, 0.2) is 42.5 Å². The number of carbonyl (C=O) groups excluding carboxylic acids is 2. The van der Waals surface area contributed by atoms with Crippen LogP contribution < -0.4 is 14.8 Å². The summed E-state index contributed by atoms with van der Waals surface area (Å²) in [7, 11) is 0. The van der Waals surface area contributed by atoms with Gasteiger partial charge in [0.15, 0.2) is 12.7 Å². The van der Waals surface area contributed by atoms with E-state index in [1.54, 1.807) is 24.3 Å². The zero-order valence-corrected chi connectivity index (χ0v) is 15.6. The smallest absolute Gasteiger partial charge is 0.344 e. The standard InChI is InChI=1S/C19H19ClFNO5/c1-3-25-14-5-7-15(8-6-14)26-11-18(23)27-12(2)19(24)22-17-9-4-13(21)10-16(17)20/h4-10,12H,3,11H2,1-2H3,(H,22,24)/t12-/m1/s1. The Morgan fingerprint density at radius 3 is 2.33 bits per heavy atom. The van der Waals surface area contributed by atoms with E-state index in [0.717, 1.165) is 12.1 Å². The molecule has 6 nitrogen and oxygen atoms in total. The number of benzene rings is 2. The van der Waals surface area contributed by atoms with Gasteiger partial charge in [0.05, 0.1) is 17.3 Å². The highest BCUT2D eigenvalue weighted by Gasteiger charge is 2.19. The number of rotatable bonds is 8. The van der Waals surface area contributed by atoms with Gasteiger partial charge in [0.1, 0.15) is 17.3 Å². The van der Waals surface area contributed by atoms with Crippen molar-refractivity contribution in [3.8, 4) is 11.5 Å². The van der Waals surface area contributed by atoms with Crippen molar-refractivity contribution in [3.63, 3.8) is 0 Å². The van der Waals surface area contributed by atoms with E-state index in [9.17, 15) is 14.0 Å². The molecule has 2 aromatic rings. The second-order valence-electron chi connectivity index (χ2n) is 5.44. The molecule has 0 unspecified atom stereocenters. The van der Waals surface area contributed by atoms with Crippen LogP contribution in [0.3, 0.4) is 0 Å². The first kappa shape index (κ1) is 20.5. The van der Waals surface area contributed by atoms with Gasteiger partial charge < -0.3 is 19.5 Å². The fourth-order valence-corrected chi connectivity index (χ4v) is 2.27. The van der Waals surface area contributed by atoms with Crippen LogP contribution in [0.25, 0.3) is 0 Å². The summed E-state index contributed by atoms with van der Waals surface area (Å²) in [6, 6.07) is 10.3. The van der Waals surface area contributed by atoms with Crippen LogP contribution >= 0.6 is 11.6 Å². The first-order chi connectivity index (χ1) is 12.9. The van der Waals surface area contributed by atoms with E-state index in [4.69, 9.17) is 25.8 Å². The maximum atomic E-state index is 13.0. The number of carbonyl (C=O) groups is 2. The van der Waals surface area contributed by atoms with Crippen molar-refractivity contribution in [2.75, 3.05) is 18.5 Å². The van der Waals surface area contributed by atoms with Crippen LogP contribution in [0.5, 0.6) is 11.5 Å². The van der Waals surface area contributed by atoms with Gasteiger partial charge in [-0.15, -0.1) is 0 Å². The maximum Gasteiger partial charge on any atom is 0.344 e. The van der Waals surface area contributed by atoms with Crippen molar-refractivity contribution < 1.29 is 28.2 Å². The van der Waals surface area contributed by atoms with Gasteiger partial charge >= 0.3 is 5.97 Å². The van der Waals surface area contributed by atoms with E-state index < -0.39 is 23.8 Å². The zero-order chi connectivity index (χ0) is 19.8. The average Bonchev–Trinajstić information content (AvgIpc) is 2.63. The van der Waals surface area contributed by atoms with Gasteiger partial charge in [0, 0.05) is 0 Å². The van der Waals surface area contributed by atoms with Gasteiger partial charge in [-0.25, -0.2) is 9.18 Å². The Balaban J connectivity index is 1.81. The summed E-state index contributed by atoms with van der Waals surface area (Å²) in [5.74, 6) is -0.679. The molecule has 1 amide bonds. The molecular formula is C19H19ClFNO5. The number of hydrogen-bond donors (Lipinski definition) is 1. The van der Waals surface area contributed by atoms with Gasteiger partial charge in [-0.05, 0) is 56.3 Å². The number of anilines is 1. The van der Waals surface area contributed by atoms with E-state index in [1.807, 2.05) is 6.92 Å². The van der Waals surface area contributed by atoms with E-state index in [0.29, 0.717) is 18.1 Å². The Morgan fingerprint density at radius 2 is 1.74 bits per heavy atom. The minimum Gasteiger partial charge on any atom is -0.494 e. The van der Waals surface area contributed by atoms with Gasteiger partial charge in [-0.1, -0.05) is 11.6 Å². The SMILES string of the molecule is CCOc1ccc(OCC(=O)O[C@H](C)C(=O)Nc2ccc(F)cc2Cl)cc1. The maximum absolute atomic E-state index is 13.0. The summed E-state index contributed by atoms with van der Waals surface area (Å²) >= 11 is 5.84. The number of halogens is 2. The molecule has 144 valence electrons. The molecule has 0 saturated heterocycles. The summed E-state index contributed by atoms with van der Waals surface area (Å²) in [6.45, 7) is 3.47. The minimum atomic E-state index is -1.08. The van der Waals surface area contributed by atoms with Crippen LogP contribution in [0, 0.1) is 5.82 Å². The lowest BCUT2D eigenvalue weighted by Gasteiger charge is -2.14. The lowest BCUT2D eigenvalue weighted by molar-refractivity contribution is -0.155. The van der Waals surface area contributed by atoms with E-state index in [-0.39, 0.29) is 17.3 Å². The monoisotopic (exact) mass is 395 g/mol. The molecule has 1 atom stereocenters. The summed E-state index contributed by atoms with van der Waals surface area (Å²) in [5, 5.41) is 2.51. The van der Waals surface area contributed by atoms with E-state index >= 15 is 0 Å². The van der Waals surface area contributed by atoms with Crippen LogP contribution in [0.2, 0.25) is 5.02 Å². The summed E-state index contributed by atoms with van der Waals surface area (Å²) < 4.78 is 28.6. The second-order valence-corrected chi connectivity index (χ2v) is 5.85. The quantitative estimate of drug-likeness (QED) is 0.688. The lowest BCUT2D eigenvalue weighted by atomic mass is 10.3. The summed E-state index contributed by atoms with van der Waals surface area (Å²) in [6.07, 6.45) is -1.08. The molecule has 0 aromatic heterocycles. The van der Waals surface area contributed by atoms with Gasteiger partial charge in [0.25, 0.3) is 5.91 Å². The average molecular weight is 396 g/mol. The zero-order valence-electron chi connectivity index (χ0n) is 14.8. The van der Waals surface area contributed by atoms with Crippen molar-refractivity contribution in [1.82, 2.24) is 0 Å². The topological polar surface area (TPSA) is 73.9 Å². The lowest BCUT2D eigenvalue weighted by Crippen LogP contribution is -2.31. The molecular weight excluding hydrogens is 377 g/mol. The summed E-state index contributed by atoms with van der Waals surface area (Å²) in [5.41, 5.74) is 0.219. The third-order valence-electron chi connectivity index (χ3n) is 3.36. The van der Waals surface area contributed by atoms with Crippen LogP contribution in [0.4, 0.5) is 10.1 Å². The van der Waals surface area contributed by atoms with Crippen molar-refractivity contribution in [2.45, 2.75) is 20.0 Å². The van der Waals surface area contributed by atoms with Crippen LogP contribution in [0.1, 0.15) is 13.8 Å². The van der Waals surface area contributed by atoms with Crippen molar-refractivity contribution >= 4 is 29.2 Å². The van der Waals surface area contributed by atoms with Gasteiger partial charge in [0.2, 0.25) is 0 Å². The van der Waals surface area contributed by atoms with Crippen molar-refractivity contribution in [2.24, 2.45) is 0 Å². The Labute approximate surface area is 161 Å². The Kier molecular flexibility index (Phi) is 7.43. The van der Waals surface area contributed by atoms with Gasteiger partial charge in [-0.3, -0.25) is 4.79 Å². The first-order valence-electron chi connectivity index (χ1n) is 8.20. The van der Waals surface area contributed by atoms with Gasteiger partial charge in [-0.2, -0.15) is 0 Å². The molecule has 0 aliphatic carbocycles. The van der Waals surface area contributed by atoms with Crippen molar-refractivity contribution in [3.05, 3.63) is 53.3 Å². The molecule has 2 aromatic carbocycles. The largest absolute Gasteiger partial charge is 0.494 e. The highest BCUT2D eigenvalue weighted by molar-refractivity contribution is 6.33. The number of hydrogen-bond acceptors (Lipinski definition) is 5. The fraction of sp³-hybridized carbons (Fsp3) is 0.263.